The van der Waals surface area contributed by atoms with E-state index in [1.54, 1.807) is 4.90 Å². The van der Waals surface area contributed by atoms with Crippen molar-refractivity contribution in [3.63, 3.8) is 0 Å². The predicted molar refractivity (Wildman–Crippen MR) is 74.9 cm³/mol. The van der Waals surface area contributed by atoms with Crippen molar-refractivity contribution in [3.8, 4) is 0 Å². The molecule has 2 rings (SSSR count). The zero-order valence-corrected chi connectivity index (χ0v) is 11.9. The van der Waals surface area contributed by atoms with Gasteiger partial charge in [0.25, 0.3) is 5.91 Å². The van der Waals surface area contributed by atoms with Gasteiger partial charge < -0.3 is 10.2 Å². The van der Waals surface area contributed by atoms with Gasteiger partial charge in [-0.05, 0) is 31.9 Å². The van der Waals surface area contributed by atoms with E-state index in [1.165, 1.54) is 7.05 Å². The van der Waals surface area contributed by atoms with E-state index in [0.717, 1.165) is 37.8 Å². The summed E-state index contributed by atoms with van der Waals surface area (Å²) < 4.78 is 27.5. The molecule has 20 heavy (non-hydrogen) atoms. The molecule has 110 valence electrons. The van der Waals surface area contributed by atoms with Gasteiger partial charge in [-0.1, -0.05) is 12.8 Å². The minimum absolute atomic E-state index is 0.0766. The molecule has 1 aromatic rings. The third-order valence-corrected chi connectivity index (χ3v) is 3.85. The van der Waals surface area contributed by atoms with Crippen molar-refractivity contribution in [2.75, 3.05) is 18.9 Å². The van der Waals surface area contributed by atoms with E-state index in [-0.39, 0.29) is 23.2 Å². The Hall–Kier alpha value is -1.65. The number of carbonyl (C=O) groups excluding carboxylic acids is 1. The SMILES string of the molecule is CNc1c(F)cc(C(=O)N2CCCCCC2C)cc1F. The second-order valence-electron chi connectivity index (χ2n) is 5.26. The third-order valence-electron chi connectivity index (χ3n) is 3.85. The van der Waals surface area contributed by atoms with E-state index in [4.69, 9.17) is 0 Å². The number of rotatable bonds is 2. The molecule has 1 aliphatic heterocycles. The number of likely N-dealkylation sites (tertiary alicyclic amines) is 1. The van der Waals surface area contributed by atoms with Gasteiger partial charge in [0, 0.05) is 25.2 Å². The van der Waals surface area contributed by atoms with Gasteiger partial charge in [0.05, 0.1) is 0 Å². The van der Waals surface area contributed by atoms with Crippen LogP contribution in [0, 0.1) is 11.6 Å². The molecule has 0 radical (unpaired) electrons. The maximum Gasteiger partial charge on any atom is 0.254 e. The molecule has 0 aromatic heterocycles. The molecule has 1 atom stereocenters. The lowest BCUT2D eigenvalue weighted by atomic mass is 10.1. The van der Waals surface area contributed by atoms with Crippen molar-refractivity contribution >= 4 is 11.6 Å². The molecule has 1 heterocycles. The summed E-state index contributed by atoms with van der Waals surface area (Å²) in [6.07, 6.45) is 4.06. The van der Waals surface area contributed by atoms with E-state index in [0.29, 0.717) is 6.54 Å². The minimum Gasteiger partial charge on any atom is -0.383 e. The fraction of sp³-hybridized carbons (Fsp3) is 0.533. The van der Waals surface area contributed by atoms with Crippen molar-refractivity contribution in [3.05, 3.63) is 29.3 Å². The molecule has 1 fully saturated rings. The molecule has 1 aliphatic rings. The van der Waals surface area contributed by atoms with Gasteiger partial charge in [0.15, 0.2) is 0 Å². The highest BCUT2D eigenvalue weighted by atomic mass is 19.1. The van der Waals surface area contributed by atoms with E-state index in [2.05, 4.69) is 5.32 Å². The molecule has 0 spiro atoms. The highest BCUT2D eigenvalue weighted by molar-refractivity contribution is 5.95. The first kappa shape index (κ1) is 14.8. The monoisotopic (exact) mass is 282 g/mol. The highest BCUT2D eigenvalue weighted by Gasteiger charge is 2.24. The summed E-state index contributed by atoms with van der Waals surface area (Å²) in [5.41, 5.74) is -0.127. The Balaban J connectivity index is 2.28. The molecule has 1 saturated heterocycles. The average Bonchev–Trinajstić information content (AvgIpc) is 2.62. The van der Waals surface area contributed by atoms with Crippen LogP contribution in [0.3, 0.4) is 0 Å². The van der Waals surface area contributed by atoms with E-state index >= 15 is 0 Å². The van der Waals surface area contributed by atoms with Crippen LogP contribution in [0.5, 0.6) is 0 Å². The van der Waals surface area contributed by atoms with Crippen LogP contribution < -0.4 is 5.32 Å². The fourth-order valence-corrected chi connectivity index (χ4v) is 2.68. The van der Waals surface area contributed by atoms with E-state index < -0.39 is 11.6 Å². The Bertz CT molecular complexity index is 482. The first-order valence-electron chi connectivity index (χ1n) is 7.02. The number of amides is 1. The smallest absolute Gasteiger partial charge is 0.254 e. The standard InChI is InChI=1S/C15H20F2N2O/c1-10-6-4-3-5-7-19(10)15(20)11-8-12(16)14(18-2)13(17)9-11/h8-10,18H,3-7H2,1-2H3. The molecule has 1 N–H and O–H groups in total. The first-order valence-corrected chi connectivity index (χ1v) is 7.02. The van der Waals surface area contributed by atoms with E-state index in [1.807, 2.05) is 6.92 Å². The van der Waals surface area contributed by atoms with Gasteiger partial charge in [0.2, 0.25) is 0 Å². The number of carbonyl (C=O) groups is 1. The largest absolute Gasteiger partial charge is 0.383 e. The number of nitrogens with zero attached hydrogens (tertiary/aromatic N) is 1. The third kappa shape index (κ3) is 2.92. The minimum atomic E-state index is -0.738. The second-order valence-corrected chi connectivity index (χ2v) is 5.26. The number of benzene rings is 1. The number of hydrogen-bond donors (Lipinski definition) is 1. The lowest BCUT2D eigenvalue weighted by molar-refractivity contribution is 0.0697. The van der Waals surface area contributed by atoms with Crippen LogP contribution in [0.15, 0.2) is 12.1 Å². The highest BCUT2D eigenvalue weighted by Crippen LogP contribution is 2.23. The first-order chi connectivity index (χ1) is 9.54. The van der Waals surface area contributed by atoms with Crippen molar-refractivity contribution in [2.45, 2.75) is 38.6 Å². The summed E-state index contributed by atoms with van der Waals surface area (Å²) in [6.45, 7) is 2.63. The van der Waals surface area contributed by atoms with Gasteiger partial charge in [-0.2, -0.15) is 0 Å². The van der Waals surface area contributed by atoms with Crippen LogP contribution in [0.4, 0.5) is 14.5 Å². The molecular formula is C15H20F2N2O. The predicted octanol–water partition coefficient (Wildman–Crippen LogP) is 3.41. The zero-order valence-electron chi connectivity index (χ0n) is 11.9. The summed E-state index contributed by atoms with van der Waals surface area (Å²) in [5.74, 6) is -1.77. The van der Waals surface area contributed by atoms with Gasteiger partial charge >= 0.3 is 0 Å². The normalized spacial score (nSPS) is 19.6. The number of nitrogens with one attached hydrogen (secondary N) is 1. The molecule has 1 aromatic carbocycles. The second kappa shape index (κ2) is 6.20. The Morgan fingerprint density at radius 1 is 1.25 bits per heavy atom. The Morgan fingerprint density at radius 3 is 2.50 bits per heavy atom. The van der Waals surface area contributed by atoms with Gasteiger partial charge in [-0.3, -0.25) is 4.79 Å². The number of anilines is 1. The lowest BCUT2D eigenvalue weighted by Crippen LogP contribution is -2.38. The maximum absolute atomic E-state index is 13.7. The summed E-state index contributed by atoms with van der Waals surface area (Å²) in [7, 11) is 1.44. The van der Waals surface area contributed by atoms with E-state index in [9.17, 15) is 13.6 Å². The molecule has 1 unspecified atom stereocenters. The topological polar surface area (TPSA) is 32.3 Å². The Kier molecular flexibility index (Phi) is 4.57. The van der Waals surface area contributed by atoms with Crippen molar-refractivity contribution < 1.29 is 13.6 Å². The van der Waals surface area contributed by atoms with Crippen LogP contribution in [0.1, 0.15) is 43.0 Å². The summed E-state index contributed by atoms with van der Waals surface area (Å²) in [6, 6.07) is 2.32. The quantitative estimate of drug-likeness (QED) is 0.901. The molecule has 0 aliphatic carbocycles. The summed E-state index contributed by atoms with van der Waals surface area (Å²) >= 11 is 0. The molecule has 0 saturated carbocycles. The maximum atomic E-state index is 13.7. The van der Waals surface area contributed by atoms with Crippen LogP contribution in [-0.2, 0) is 0 Å². The lowest BCUT2D eigenvalue weighted by Gasteiger charge is -2.27. The van der Waals surface area contributed by atoms with Crippen LogP contribution in [0.2, 0.25) is 0 Å². The number of hydrogen-bond acceptors (Lipinski definition) is 2. The molecule has 0 bridgehead atoms. The Morgan fingerprint density at radius 2 is 1.90 bits per heavy atom. The average molecular weight is 282 g/mol. The molecule has 1 amide bonds. The van der Waals surface area contributed by atoms with Crippen molar-refractivity contribution in [1.29, 1.82) is 0 Å². The van der Waals surface area contributed by atoms with Crippen LogP contribution in [0.25, 0.3) is 0 Å². The molecular weight excluding hydrogens is 262 g/mol. The number of halogens is 2. The van der Waals surface area contributed by atoms with Crippen molar-refractivity contribution in [2.24, 2.45) is 0 Å². The summed E-state index contributed by atoms with van der Waals surface area (Å²) in [5, 5.41) is 2.45. The van der Waals surface area contributed by atoms with Crippen LogP contribution in [-0.4, -0.2) is 30.4 Å². The molecule has 5 heteroatoms. The van der Waals surface area contributed by atoms with Crippen molar-refractivity contribution in [1.82, 2.24) is 4.90 Å². The zero-order chi connectivity index (χ0) is 14.7. The Labute approximate surface area is 118 Å². The molecule has 3 nitrogen and oxygen atoms in total. The van der Waals surface area contributed by atoms with Gasteiger partial charge in [0.1, 0.15) is 17.3 Å². The van der Waals surface area contributed by atoms with Crippen LogP contribution >= 0.6 is 0 Å². The summed E-state index contributed by atoms with van der Waals surface area (Å²) in [4.78, 5) is 14.2. The fourth-order valence-electron chi connectivity index (χ4n) is 2.68. The van der Waals surface area contributed by atoms with Gasteiger partial charge in [-0.25, -0.2) is 8.78 Å². The van der Waals surface area contributed by atoms with Gasteiger partial charge in [-0.15, -0.1) is 0 Å².